The number of halogens is 1. The third-order valence-corrected chi connectivity index (χ3v) is 2.89. The molecule has 0 atom stereocenters. The fourth-order valence-corrected chi connectivity index (χ4v) is 1.92. The van der Waals surface area contributed by atoms with Crippen LogP contribution in [0, 0.1) is 0 Å². The van der Waals surface area contributed by atoms with E-state index in [0.717, 1.165) is 6.54 Å². The Balaban J connectivity index is 0.00000484. The number of anilines is 1. The van der Waals surface area contributed by atoms with Crippen LogP contribution in [0.25, 0.3) is 0 Å². The highest BCUT2D eigenvalue weighted by atomic mass is 35.5. The maximum Gasteiger partial charge on any atom is 0.251 e. The van der Waals surface area contributed by atoms with Gasteiger partial charge >= 0.3 is 0 Å². The first-order valence-corrected chi connectivity index (χ1v) is 7.06. The van der Waals surface area contributed by atoms with Crippen molar-refractivity contribution in [3.63, 3.8) is 0 Å². The van der Waals surface area contributed by atoms with Gasteiger partial charge in [-0.15, -0.1) is 12.4 Å². The van der Waals surface area contributed by atoms with Crippen LogP contribution in [-0.2, 0) is 4.79 Å². The van der Waals surface area contributed by atoms with Crippen molar-refractivity contribution in [2.24, 2.45) is 0 Å². The van der Waals surface area contributed by atoms with Crippen LogP contribution >= 0.6 is 12.4 Å². The molecule has 3 N–H and O–H groups in total. The van der Waals surface area contributed by atoms with Crippen LogP contribution in [0.3, 0.4) is 0 Å². The van der Waals surface area contributed by atoms with Crippen LogP contribution in [0.15, 0.2) is 12.1 Å². The zero-order chi connectivity index (χ0) is 16.5. The quantitative estimate of drug-likeness (QED) is 0.620. The summed E-state index contributed by atoms with van der Waals surface area (Å²) in [6.07, 6.45) is 0. The lowest BCUT2D eigenvalue weighted by atomic mass is 10.1. The molecule has 23 heavy (non-hydrogen) atoms. The second-order valence-corrected chi connectivity index (χ2v) is 4.55. The lowest BCUT2D eigenvalue weighted by molar-refractivity contribution is -0.114. The molecular weight excluding hydrogens is 322 g/mol. The first kappa shape index (κ1) is 21.0. The summed E-state index contributed by atoms with van der Waals surface area (Å²) in [5.41, 5.74) is 0.782. The Hall–Kier alpha value is -1.99. The molecule has 0 heterocycles. The number of hydrogen-bond donors (Lipinski definition) is 3. The van der Waals surface area contributed by atoms with Crippen LogP contribution in [0.4, 0.5) is 5.69 Å². The topological polar surface area (TPSA) is 88.7 Å². The molecule has 2 amide bonds. The van der Waals surface area contributed by atoms with Gasteiger partial charge in [-0.25, -0.2) is 0 Å². The van der Waals surface area contributed by atoms with Crippen molar-refractivity contribution >= 4 is 29.9 Å². The van der Waals surface area contributed by atoms with Gasteiger partial charge in [0, 0.05) is 25.6 Å². The molecule has 0 spiro atoms. The van der Waals surface area contributed by atoms with Gasteiger partial charge in [0.1, 0.15) is 0 Å². The molecule has 0 fully saturated rings. The van der Waals surface area contributed by atoms with Crippen molar-refractivity contribution in [3.05, 3.63) is 17.7 Å². The van der Waals surface area contributed by atoms with E-state index in [4.69, 9.17) is 9.47 Å². The summed E-state index contributed by atoms with van der Waals surface area (Å²) in [6, 6.07) is 3.14. The maximum absolute atomic E-state index is 12.2. The lowest BCUT2D eigenvalue weighted by Gasteiger charge is -2.15. The van der Waals surface area contributed by atoms with E-state index in [1.165, 1.54) is 21.1 Å². The van der Waals surface area contributed by atoms with Crippen molar-refractivity contribution in [3.8, 4) is 11.5 Å². The van der Waals surface area contributed by atoms with E-state index < -0.39 is 0 Å². The Morgan fingerprint density at radius 1 is 1.13 bits per heavy atom. The zero-order valence-electron chi connectivity index (χ0n) is 13.8. The van der Waals surface area contributed by atoms with E-state index in [0.29, 0.717) is 35.8 Å². The van der Waals surface area contributed by atoms with Gasteiger partial charge in [-0.1, -0.05) is 6.92 Å². The van der Waals surface area contributed by atoms with Crippen molar-refractivity contribution in [2.75, 3.05) is 39.2 Å². The molecule has 8 heteroatoms. The molecule has 1 rings (SSSR count). The van der Waals surface area contributed by atoms with E-state index in [9.17, 15) is 9.59 Å². The highest BCUT2D eigenvalue weighted by Gasteiger charge is 2.16. The largest absolute Gasteiger partial charge is 0.493 e. The summed E-state index contributed by atoms with van der Waals surface area (Å²) >= 11 is 0. The van der Waals surface area contributed by atoms with Gasteiger partial charge in [-0.3, -0.25) is 9.59 Å². The summed E-state index contributed by atoms with van der Waals surface area (Å²) in [5.74, 6) is 0.253. The van der Waals surface area contributed by atoms with Crippen LogP contribution in [0.5, 0.6) is 11.5 Å². The molecule has 0 aliphatic rings. The molecule has 130 valence electrons. The standard InChI is InChI=1S/C15H23N3O4.ClH/c1-5-16-6-7-17-15(20)11-8-12(18-10(2)19)14(22-4)13(9-11)21-3;/h8-9,16H,5-7H2,1-4H3,(H,17,20)(H,18,19);1H. The molecule has 0 aliphatic carbocycles. The molecular formula is C15H24ClN3O4. The van der Waals surface area contributed by atoms with E-state index in [1.807, 2.05) is 6.92 Å². The van der Waals surface area contributed by atoms with E-state index in [1.54, 1.807) is 12.1 Å². The average molecular weight is 346 g/mol. The van der Waals surface area contributed by atoms with Crippen LogP contribution in [0.1, 0.15) is 24.2 Å². The predicted molar refractivity (Wildman–Crippen MR) is 92.0 cm³/mol. The first-order valence-electron chi connectivity index (χ1n) is 7.06. The molecule has 0 saturated carbocycles. The smallest absolute Gasteiger partial charge is 0.251 e. The minimum atomic E-state index is -0.259. The SMILES string of the molecule is CCNCCNC(=O)c1cc(NC(C)=O)c(OC)c(OC)c1.Cl. The Labute approximate surface area is 142 Å². The predicted octanol–water partition coefficient (Wildman–Crippen LogP) is 1.42. The van der Waals surface area contributed by atoms with Gasteiger partial charge in [-0.05, 0) is 18.7 Å². The third kappa shape index (κ3) is 6.33. The Kier molecular flexibility index (Phi) is 9.76. The van der Waals surface area contributed by atoms with Crippen molar-refractivity contribution < 1.29 is 19.1 Å². The van der Waals surface area contributed by atoms with Crippen molar-refractivity contribution in [2.45, 2.75) is 13.8 Å². The fraction of sp³-hybridized carbons (Fsp3) is 0.467. The van der Waals surface area contributed by atoms with E-state index in [2.05, 4.69) is 16.0 Å². The summed E-state index contributed by atoms with van der Waals surface area (Å²) in [6.45, 7) is 5.43. The van der Waals surface area contributed by atoms with Crippen molar-refractivity contribution in [1.82, 2.24) is 10.6 Å². The summed E-state index contributed by atoms with van der Waals surface area (Å²) in [7, 11) is 2.95. The highest BCUT2D eigenvalue weighted by molar-refractivity contribution is 5.99. The Morgan fingerprint density at radius 3 is 2.35 bits per heavy atom. The molecule has 0 unspecified atom stereocenters. The molecule has 0 aromatic heterocycles. The second kappa shape index (κ2) is 10.7. The highest BCUT2D eigenvalue weighted by Crippen LogP contribution is 2.36. The third-order valence-electron chi connectivity index (χ3n) is 2.89. The Morgan fingerprint density at radius 2 is 1.83 bits per heavy atom. The monoisotopic (exact) mass is 345 g/mol. The van der Waals surface area contributed by atoms with Gasteiger partial charge < -0.3 is 25.4 Å². The molecule has 0 radical (unpaired) electrons. The molecule has 0 saturated heterocycles. The van der Waals surface area contributed by atoms with Gasteiger partial charge in [0.15, 0.2) is 11.5 Å². The zero-order valence-corrected chi connectivity index (χ0v) is 14.6. The lowest BCUT2D eigenvalue weighted by Crippen LogP contribution is -2.31. The molecule has 1 aromatic carbocycles. The number of amides is 2. The fourth-order valence-electron chi connectivity index (χ4n) is 1.92. The minimum Gasteiger partial charge on any atom is -0.493 e. The number of carbonyl (C=O) groups is 2. The molecule has 0 bridgehead atoms. The number of hydrogen-bond acceptors (Lipinski definition) is 5. The van der Waals surface area contributed by atoms with Gasteiger partial charge in [-0.2, -0.15) is 0 Å². The van der Waals surface area contributed by atoms with Crippen LogP contribution in [-0.4, -0.2) is 45.7 Å². The number of ether oxygens (including phenoxy) is 2. The van der Waals surface area contributed by atoms with Crippen molar-refractivity contribution in [1.29, 1.82) is 0 Å². The average Bonchev–Trinajstić information content (AvgIpc) is 2.49. The first-order chi connectivity index (χ1) is 10.5. The number of carbonyl (C=O) groups excluding carboxylic acids is 2. The van der Waals surface area contributed by atoms with Gasteiger partial charge in [0.05, 0.1) is 19.9 Å². The number of rotatable bonds is 8. The summed E-state index contributed by atoms with van der Waals surface area (Å²) in [5, 5.41) is 8.54. The normalized spacial score (nSPS) is 9.57. The van der Waals surface area contributed by atoms with Crippen LogP contribution < -0.4 is 25.4 Å². The molecule has 1 aromatic rings. The maximum atomic E-state index is 12.2. The number of nitrogens with one attached hydrogen (secondary N) is 3. The summed E-state index contributed by atoms with van der Waals surface area (Å²) < 4.78 is 10.5. The number of benzene rings is 1. The van der Waals surface area contributed by atoms with E-state index >= 15 is 0 Å². The second-order valence-electron chi connectivity index (χ2n) is 4.55. The summed E-state index contributed by atoms with van der Waals surface area (Å²) in [4.78, 5) is 23.5. The molecule has 0 aliphatic heterocycles. The number of likely N-dealkylation sites (N-methyl/N-ethyl adjacent to an activating group) is 1. The minimum absolute atomic E-state index is 0. The van der Waals surface area contributed by atoms with Gasteiger partial charge in [0.25, 0.3) is 5.91 Å². The van der Waals surface area contributed by atoms with Gasteiger partial charge in [0.2, 0.25) is 5.91 Å². The van der Waals surface area contributed by atoms with Crippen LogP contribution in [0.2, 0.25) is 0 Å². The Bertz CT molecular complexity index is 538. The molecule has 7 nitrogen and oxygen atoms in total. The van der Waals surface area contributed by atoms with E-state index in [-0.39, 0.29) is 24.2 Å². The number of methoxy groups -OCH3 is 2.